The van der Waals surface area contributed by atoms with E-state index in [4.69, 9.17) is 16.7 Å². The predicted molar refractivity (Wildman–Crippen MR) is 66.4 cm³/mol. The predicted octanol–water partition coefficient (Wildman–Crippen LogP) is 0.748. The van der Waals surface area contributed by atoms with E-state index in [1.807, 2.05) is 0 Å². The zero-order valence-corrected chi connectivity index (χ0v) is 10.6. The first kappa shape index (κ1) is 14.0. The molecule has 0 aliphatic heterocycles. The summed E-state index contributed by atoms with van der Waals surface area (Å²) in [6, 6.07) is 6.50. The first-order chi connectivity index (χ1) is 7.88. The number of halogens is 1. The first-order valence-corrected chi connectivity index (χ1v) is 7.02. The third-order valence-electron chi connectivity index (χ3n) is 1.98. The van der Waals surface area contributed by atoms with Crippen molar-refractivity contribution in [2.24, 2.45) is 5.14 Å². The molecule has 17 heavy (non-hydrogen) atoms. The Bertz CT molecular complexity index is 502. The summed E-state index contributed by atoms with van der Waals surface area (Å²) in [5.41, 5.74) is 0.438. The van der Waals surface area contributed by atoms with E-state index >= 15 is 0 Å². The third-order valence-corrected chi connectivity index (χ3v) is 3.07. The van der Waals surface area contributed by atoms with Gasteiger partial charge in [-0.1, -0.05) is 17.7 Å². The molecule has 0 atom stereocenters. The average Bonchev–Trinajstić information content (AvgIpc) is 2.23. The van der Waals surface area contributed by atoms with Crippen molar-refractivity contribution in [3.63, 3.8) is 0 Å². The van der Waals surface area contributed by atoms with Crippen LogP contribution in [0.3, 0.4) is 0 Å². The molecule has 0 aliphatic rings. The fourth-order valence-corrected chi connectivity index (χ4v) is 1.94. The number of benzene rings is 1. The molecule has 0 saturated heterocycles. The quantitative estimate of drug-likeness (QED) is 0.778. The smallest absolute Gasteiger partial charge is 0.251 e. The van der Waals surface area contributed by atoms with Gasteiger partial charge in [0.25, 0.3) is 5.91 Å². The van der Waals surface area contributed by atoms with Gasteiger partial charge in [0.15, 0.2) is 0 Å². The van der Waals surface area contributed by atoms with Crippen LogP contribution in [-0.4, -0.2) is 26.6 Å². The Balaban J connectivity index is 2.41. The number of amides is 1. The van der Waals surface area contributed by atoms with Gasteiger partial charge in [0.2, 0.25) is 10.0 Å². The van der Waals surface area contributed by atoms with Crippen molar-refractivity contribution in [1.82, 2.24) is 5.32 Å². The molecule has 1 aromatic carbocycles. The van der Waals surface area contributed by atoms with Crippen molar-refractivity contribution in [3.05, 3.63) is 34.9 Å². The number of rotatable bonds is 5. The van der Waals surface area contributed by atoms with Crippen molar-refractivity contribution in [2.45, 2.75) is 6.42 Å². The van der Waals surface area contributed by atoms with E-state index in [0.717, 1.165) is 0 Å². The Morgan fingerprint density at radius 1 is 1.41 bits per heavy atom. The van der Waals surface area contributed by atoms with Crippen LogP contribution in [0.4, 0.5) is 0 Å². The Kier molecular flexibility index (Phi) is 4.92. The molecule has 0 fully saturated rings. The summed E-state index contributed by atoms with van der Waals surface area (Å²) in [7, 11) is -3.47. The monoisotopic (exact) mass is 276 g/mol. The van der Waals surface area contributed by atoms with Crippen LogP contribution in [0.15, 0.2) is 24.3 Å². The number of sulfonamides is 1. The van der Waals surface area contributed by atoms with Gasteiger partial charge in [-0.15, -0.1) is 0 Å². The summed E-state index contributed by atoms with van der Waals surface area (Å²) < 4.78 is 21.3. The number of carbonyl (C=O) groups excluding carboxylic acids is 1. The fourth-order valence-electron chi connectivity index (χ4n) is 1.21. The molecular weight excluding hydrogens is 264 g/mol. The van der Waals surface area contributed by atoms with Crippen molar-refractivity contribution >= 4 is 27.5 Å². The van der Waals surface area contributed by atoms with Gasteiger partial charge >= 0.3 is 0 Å². The zero-order chi connectivity index (χ0) is 12.9. The van der Waals surface area contributed by atoms with Crippen LogP contribution in [0.25, 0.3) is 0 Å². The molecule has 94 valence electrons. The molecule has 0 bridgehead atoms. The lowest BCUT2D eigenvalue weighted by atomic mass is 10.2. The van der Waals surface area contributed by atoms with E-state index < -0.39 is 10.0 Å². The van der Waals surface area contributed by atoms with Gasteiger partial charge in [-0.25, -0.2) is 13.6 Å². The lowest BCUT2D eigenvalue weighted by Gasteiger charge is -2.04. The van der Waals surface area contributed by atoms with E-state index in [2.05, 4.69) is 5.32 Å². The summed E-state index contributed by atoms with van der Waals surface area (Å²) in [5, 5.41) is 7.88. The maximum atomic E-state index is 11.6. The normalized spacial score (nSPS) is 11.2. The number of nitrogens with two attached hydrogens (primary N) is 1. The van der Waals surface area contributed by atoms with Crippen LogP contribution in [-0.2, 0) is 10.0 Å². The molecule has 0 aromatic heterocycles. The Morgan fingerprint density at radius 2 is 2.12 bits per heavy atom. The maximum Gasteiger partial charge on any atom is 0.251 e. The first-order valence-electron chi connectivity index (χ1n) is 4.93. The minimum Gasteiger partial charge on any atom is -0.352 e. The van der Waals surface area contributed by atoms with Crippen molar-refractivity contribution in [2.75, 3.05) is 12.3 Å². The third kappa shape index (κ3) is 5.67. The second-order valence-electron chi connectivity index (χ2n) is 3.49. The second-order valence-corrected chi connectivity index (χ2v) is 5.66. The number of nitrogens with one attached hydrogen (secondary N) is 1. The maximum absolute atomic E-state index is 11.6. The lowest BCUT2D eigenvalue weighted by molar-refractivity contribution is 0.0953. The van der Waals surface area contributed by atoms with Crippen LogP contribution in [0, 0.1) is 0 Å². The Hall–Kier alpha value is -1.11. The van der Waals surface area contributed by atoms with Gasteiger partial charge in [0.05, 0.1) is 5.75 Å². The van der Waals surface area contributed by atoms with E-state index in [-0.39, 0.29) is 24.6 Å². The highest BCUT2D eigenvalue weighted by Crippen LogP contribution is 2.10. The van der Waals surface area contributed by atoms with E-state index in [9.17, 15) is 13.2 Å². The molecule has 3 N–H and O–H groups in total. The van der Waals surface area contributed by atoms with Gasteiger partial charge < -0.3 is 5.32 Å². The van der Waals surface area contributed by atoms with Crippen molar-refractivity contribution < 1.29 is 13.2 Å². The van der Waals surface area contributed by atoms with Gasteiger partial charge in [-0.2, -0.15) is 0 Å². The van der Waals surface area contributed by atoms with E-state index in [1.54, 1.807) is 18.2 Å². The lowest BCUT2D eigenvalue weighted by Crippen LogP contribution is -2.27. The summed E-state index contributed by atoms with van der Waals surface area (Å²) >= 11 is 5.73. The summed E-state index contributed by atoms with van der Waals surface area (Å²) in [5.74, 6) is -0.440. The highest BCUT2D eigenvalue weighted by Gasteiger charge is 2.06. The molecule has 0 heterocycles. The largest absolute Gasteiger partial charge is 0.352 e. The number of hydrogen-bond donors (Lipinski definition) is 2. The van der Waals surface area contributed by atoms with E-state index in [1.165, 1.54) is 6.07 Å². The molecule has 7 heteroatoms. The molecule has 0 aliphatic carbocycles. The summed E-state index contributed by atoms with van der Waals surface area (Å²) in [6.07, 6.45) is 0.283. The second kappa shape index (κ2) is 6.00. The molecule has 0 radical (unpaired) electrons. The van der Waals surface area contributed by atoms with Crippen LogP contribution in [0.2, 0.25) is 5.02 Å². The molecule has 1 amide bonds. The molecule has 1 aromatic rings. The van der Waals surface area contributed by atoms with Crippen LogP contribution < -0.4 is 10.5 Å². The van der Waals surface area contributed by atoms with E-state index in [0.29, 0.717) is 10.6 Å². The summed E-state index contributed by atoms with van der Waals surface area (Å²) in [4.78, 5) is 11.6. The van der Waals surface area contributed by atoms with Crippen molar-refractivity contribution in [1.29, 1.82) is 0 Å². The standard InChI is InChI=1S/C10H13ClN2O3S/c11-9-4-1-3-8(7-9)10(14)13-5-2-6-17(12,15)16/h1,3-4,7H,2,5-6H2,(H,13,14)(H2,12,15,16). The Morgan fingerprint density at radius 3 is 2.71 bits per heavy atom. The van der Waals surface area contributed by atoms with Crippen LogP contribution in [0.5, 0.6) is 0 Å². The van der Waals surface area contributed by atoms with Crippen LogP contribution >= 0.6 is 11.6 Å². The number of primary sulfonamides is 1. The zero-order valence-electron chi connectivity index (χ0n) is 9.02. The molecule has 0 unspecified atom stereocenters. The number of carbonyl (C=O) groups is 1. The van der Waals surface area contributed by atoms with Gasteiger partial charge in [-0.05, 0) is 24.6 Å². The SMILES string of the molecule is NS(=O)(=O)CCCNC(=O)c1cccc(Cl)c1. The highest BCUT2D eigenvalue weighted by atomic mass is 35.5. The van der Waals surface area contributed by atoms with Gasteiger partial charge in [-0.3, -0.25) is 4.79 Å². The Labute approximate surface area is 105 Å². The molecule has 1 rings (SSSR count). The summed E-state index contributed by atoms with van der Waals surface area (Å²) in [6.45, 7) is 0.252. The minimum absolute atomic E-state index is 0.150. The minimum atomic E-state index is -3.47. The van der Waals surface area contributed by atoms with Crippen molar-refractivity contribution in [3.8, 4) is 0 Å². The number of hydrogen-bond acceptors (Lipinski definition) is 3. The van der Waals surface area contributed by atoms with Gasteiger partial charge in [0.1, 0.15) is 0 Å². The molecular formula is C10H13ClN2O3S. The fraction of sp³-hybridized carbons (Fsp3) is 0.300. The van der Waals surface area contributed by atoms with Crippen LogP contribution in [0.1, 0.15) is 16.8 Å². The topological polar surface area (TPSA) is 89.3 Å². The van der Waals surface area contributed by atoms with Gasteiger partial charge in [0, 0.05) is 17.1 Å². The highest BCUT2D eigenvalue weighted by molar-refractivity contribution is 7.89. The average molecular weight is 277 g/mol. The molecule has 5 nitrogen and oxygen atoms in total. The molecule has 0 saturated carbocycles. The molecule has 0 spiro atoms.